The average molecular weight is 392 g/mol. The van der Waals surface area contributed by atoms with Gasteiger partial charge in [0.25, 0.3) is 0 Å². The van der Waals surface area contributed by atoms with Crippen molar-refractivity contribution in [3.8, 4) is 0 Å². The first-order chi connectivity index (χ1) is 14.2. The highest BCUT2D eigenvalue weighted by atomic mass is 16.2. The number of carbonyl (C=O) groups is 2. The minimum Gasteiger partial charge on any atom is -0.326 e. The lowest BCUT2D eigenvalue weighted by molar-refractivity contribution is -0.122. The van der Waals surface area contributed by atoms with E-state index >= 15 is 0 Å². The van der Waals surface area contributed by atoms with Crippen molar-refractivity contribution in [2.75, 3.05) is 36.4 Å². The van der Waals surface area contributed by atoms with Crippen LogP contribution < -0.4 is 10.2 Å². The summed E-state index contributed by atoms with van der Waals surface area (Å²) in [5.41, 5.74) is 2.95. The van der Waals surface area contributed by atoms with E-state index in [1.54, 1.807) is 4.90 Å². The zero-order valence-electron chi connectivity index (χ0n) is 16.8. The summed E-state index contributed by atoms with van der Waals surface area (Å²) >= 11 is 0. The lowest BCUT2D eigenvalue weighted by Gasteiger charge is -2.16. The van der Waals surface area contributed by atoms with E-state index in [4.69, 9.17) is 0 Å². The molecule has 2 heterocycles. The third-order valence-electron chi connectivity index (χ3n) is 5.92. The van der Waals surface area contributed by atoms with Crippen molar-refractivity contribution < 1.29 is 9.59 Å². The van der Waals surface area contributed by atoms with Gasteiger partial charge in [-0.05, 0) is 75.1 Å². The quantitative estimate of drug-likeness (QED) is 0.783. The maximum atomic E-state index is 12.6. The van der Waals surface area contributed by atoms with Gasteiger partial charge in [-0.1, -0.05) is 30.3 Å². The number of hydrogen-bond acceptors (Lipinski definition) is 3. The lowest BCUT2D eigenvalue weighted by atomic mass is 10.1. The van der Waals surface area contributed by atoms with Gasteiger partial charge in [-0.25, -0.2) is 0 Å². The van der Waals surface area contributed by atoms with E-state index < -0.39 is 0 Å². The number of benzene rings is 2. The predicted molar refractivity (Wildman–Crippen MR) is 116 cm³/mol. The Kier molecular flexibility index (Phi) is 6.25. The van der Waals surface area contributed by atoms with Crippen LogP contribution in [0.5, 0.6) is 0 Å². The molecule has 0 aliphatic carbocycles. The van der Waals surface area contributed by atoms with Crippen molar-refractivity contribution in [2.24, 2.45) is 5.92 Å². The molecule has 152 valence electrons. The normalized spacial score (nSPS) is 19.7. The molecule has 0 saturated carbocycles. The van der Waals surface area contributed by atoms with Crippen LogP contribution in [-0.2, 0) is 16.0 Å². The molecule has 1 atom stereocenters. The Balaban J connectivity index is 1.26. The fourth-order valence-electron chi connectivity index (χ4n) is 4.25. The number of anilines is 2. The zero-order chi connectivity index (χ0) is 20.1. The minimum absolute atomic E-state index is 0.00435. The van der Waals surface area contributed by atoms with Crippen LogP contribution in [0.2, 0.25) is 0 Å². The number of para-hydroxylation sites is 1. The summed E-state index contributed by atoms with van der Waals surface area (Å²) in [5.74, 6) is -0.397. The van der Waals surface area contributed by atoms with Crippen LogP contribution in [-0.4, -0.2) is 42.9 Å². The van der Waals surface area contributed by atoms with Gasteiger partial charge in [0, 0.05) is 24.3 Å². The Labute approximate surface area is 172 Å². The second-order valence-electron chi connectivity index (χ2n) is 8.08. The maximum Gasteiger partial charge on any atom is 0.229 e. The lowest BCUT2D eigenvalue weighted by Crippen LogP contribution is -2.28. The molecule has 2 saturated heterocycles. The molecule has 29 heavy (non-hydrogen) atoms. The molecular formula is C24H29N3O2. The van der Waals surface area contributed by atoms with Gasteiger partial charge in [0.2, 0.25) is 11.8 Å². The van der Waals surface area contributed by atoms with Gasteiger partial charge in [-0.2, -0.15) is 0 Å². The number of nitrogens with one attached hydrogen (secondary N) is 1. The summed E-state index contributed by atoms with van der Waals surface area (Å²) in [6.45, 7) is 4.10. The summed E-state index contributed by atoms with van der Waals surface area (Å²) in [5, 5.41) is 2.98. The first kappa shape index (κ1) is 19.6. The van der Waals surface area contributed by atoms with Crippen molar-refractivity contribution in [1.82, 2.24) is 4.90 Å². The smallest absolute Gasteiger partial charge is 0.229 e. The van der Waals surface area contributed by atoms with Crippen LogP contribution in [0.15, 0.2) is 54.6 Å². The summed E-state index contributed by atoms with van der Waals surface area (Å²) < 4.78 is 0. The maximum absolute atomic E-state index is 12.6. The molecule has 0 bridgehead atoms. The molecule has 2 aromatic rings. The van der Waals surface area contributed by atoms with Crippen LogP contribution in [0.25, 0.3) is 0 Å². The van der Waals surface area contributed by atoms with E-state index in [1.165, 1.54) is 44.5 Å². The molecule has 5 heteroatoms. The number of carbonyl (C=O) groups excluding carboxylic acids is 2. The van der Waals surface area contributed by atoms with Gasteiger partial charge in [0.15, 0.2) is 0 Å². The van der Waals surface area contributed by atoms with Gasteiger partial charge in [-0.15, -0.1) is 0 Å². The van der Waals surface area contributed by atoms with Gasteiger partial charge in [0.05, 0.1) is 5.92 Å². The Morgan fingerprint density at radius 1 is 1.00 bits per heavy atom. The van der Waals surface area contributed by atoms with E-state index in [0.717, 1.165) is 17.8 Å². The second kappa shape index (κ2) is 9.23. The first-order valence-corrected chi connectivity index (χ1v) is 10.7. The standard InChI is InChI=1S/C24H29N3O2/c28-23-17-20(18-27(23)22-8-2-1-3-9-22)24(29)25-21-12-10-19(11-13-21)7-6-16-26-14-4-5-15-26/h1-3,8-13,20H,4-7,14-18H2,(H,25,29). The Morgan fingerprint density at radius 2 is 1.72 bits per heavy atom. The van der Waals surface area contributed by atoms with Crippen molar-refractivity contribution in [3.05, 3.63) is 60.2 Å². The minimum atomic E-state index is -0.317. The van der Waals surface area contributed by atoms with Crippen molar-refractivity contribution in [3.63, 3.8) is 0 Å². The van der Waals surface area contributed by atoms with E-state index in [1.807, 2.05) is 42.5 Å². The molecule has 4 rings (SSSR count). The molecule has 2 fully saturated rings. The highest BCUT2D eigenvalue weighted by molar-refractivity contribution is 6.03. The van der Waals surface area contributed by atoms with Crippen LogP contribution in [0, 0.1) is 5.92 Å². The fraction of sp³-hybridized carbons (Fsp3) is 0.417. The van der Waals surface area contributed by atoms with Gasteiger partial charge in [-0.3, -0.25) is 9.59 Å². The average Bonchev–Trinajstić information content (AvgIpc) is 3.40. The van der Waals surface area contributed by atoms with Crippen LogP contribution in [0.3, 0.4) is 0 Å². The van der Waals surface area contributed by atoms with Crippen molar-refractivity contribution in [1.29, 1.82) is 0 Å². The summed E-state index contributed by atoms with van der Waals surface area (Å²) in [6.07, 6.45) is 5.17. The van der Waals surface area contributed by atoms with Gasteiger partial charge >= 0.3 is 0 Å². The molecule has 5 nitrogen and oxygen atoms in total. The van der Waals surface area contributed by atoms with E-state index in [2.05, 4.69) is 22.3 Å². The Morgan fingerprint density at radius 3 is 2.45 bits per heavy atom. The molecule has 2 aliphatic rings. The van der Waals surface area contributed by atoms with E-state index in [9.17, 15) is 9.59 Å². The summed E-state index contributed by atoms with van der Waals surface area (Å²) in [7, 11) is 0. The molecule has 1 unspecified atom stereocenters. The van der Waals surface area contributed by atoms with E-state index in [-0.39, 0.29) is 24.2 Å². The molecule has 2 aromatic carbocycles. The Bertz CT molecular complexity index is 829. The fourth-order valence-corrected chi connectivity index (χ4v) is 4.25. The molecule has 2 aliphatic heterocycles. The summed E-state index contributed by atoms with van der Waals surface area (Å²) in [6, 6.07) is 17.7. The monoisotopic (exact) mass is 391 g/mol. The van der Waals surface area contributed by atoms with Crippen LogP contribution in [0.4, 0.5) is 11.4 Å². The SMILES string of the molecule is O=C(Nc1ccc(CCCN2CCCC2)cc1)C1CC(=O)N(c2ccccc2)C1. The second-order valence-corrected chi connectivity index (χ2v) is 8.08. The first-order valence-electron chi connectivity index (χ1n) is 10.7. The number of amides is 2. The molecule has 1 N–H and O–H groups in total. The molecule has 0 aromatic heterocycles. The largest absolute Gasteiger partial charge is 0.326 e. The molecule has 0 spiro atoms. The predicted octanol–water partition coefficient (Wildman–Crippen LogP) is 3.71. The van der Waals surface area contributed by atoms with E-state index in [0.29, 0.717) is 6.54 Å². The molecular weight excluding hydrogens is 362 g/mol. The number of nitrogens with zero attached hydrogens (tertiary/aromatic N) is 2. The highest BCUT2D eigenvalue weighted by Crippen LogP contribution is 2.26. The summed E-state index contributed by atoms with van der Waals surface area (Å²) in [4.78, 5) is 29.2. The molecule has 0 radical (unpaired) electrons. The van der Waals surface area contributed by atoms with Gasteiger partial charge in [0.1, 0.15) is 0 Å². The zero-order valence-corrected chi connectivity index (χ0v) is 16.8. The number of aryl methyl sites for hydroxylation is 1. The highest BCUT2D eigenvalue weighted by Gasteiger charge is 2.35. The molecule has 2 amide bonds. The van der Waals surface area contributed by atoms with Crippen LogP contribution >= 0.6 is 0 Å². The van der Waals surface area contributed by atoms with Crippen LogP contribution in [0.1, 0.15) is 31.2 Å². The van der Waals surface area contributed by atoms with Crippen molar-refractivity contribution in [2.45, 2.75) is 32.1 Å². The third kappa shape index (κ3) is 5.04. The third-order valence-corrected chi connectivity index (χ3v) is 5.92. The number of hydrogen-bond donors (Lipinski definition) is 1. The Hall–Kier alpha value is -2.66. The van der Waals surface area contributed by atoms with Gasteiger partial charge < -0.3 is 15.1 Å². The van der Waals surface area contributed by atoms with Crippen molar-refractivity contribution >= 4 is 23.2 Å². The number of likely N-dealkylation sites (tertiary alicyclic amines) is 1. The number of rotatable bonds is 7. The topological polar surface area (TPSA) is 52.7 Å².